The van der Waals surface area contributed by atoms with Gasteiger partial charge in [-0.2, -0.15) is 5.10 Å². The third kappa shape index (κ3) is 0.948. The number of aromatic amines is 1. The number of hydrogen-bond acceptors (Lipinski definition) is 3. The average Bonchev–Trinajstić information content (AvgIpc) is 2.41. The van der Waals surface area contributed by atoms with Crippen molar-refractivity contribution in [3.8, 4) is 0 Å². The maximum absolute atomic E-state index is 5.72. The largest absolute Gasteiger partial charge is 0.323 e. The normalized spacial score (nSPS) is 14.0. The van der Waals surface area contributed by atoms with E-state index in [4.69, 9.17) is 5.73 Å². The summed E-state index contributed by atoms with van der Waals surface area (Å²) < 4.78 is 1.18. The first-order valence-corrected chi connectivity index (χ1v) is 4.34. The van der Waals surface area contributed by atoms with E-state index in [9.17, 15) is 0 Å². The molecule has 3 N–H and O–H groups in total. The van der Waals surface area contributed by atoms with Crippen LogP contribution in [-0.2, 0) is 0 Å². The van der Waals surface area contributed by atoms with Gasteiger partial charge in [0.1, 0.15) is 5.52 Å². The van der Waals surface area contributed by atoms with Gasteiger partial charge in [-0.25, -0.2) is 0 Å². The molecule has 0 aliphatic carbocycles. The predicted molar refractivity (Wildman–Crippen MR) is 46.6 cm³/mol. The zero-order chi connectivity index (χ0) is 7.84. The highest BCUT2D eigenvalue weighted by Crippen LogP contribution is 2.24. The summed E-state index contributed by atoms with van der Waals surface area (Å²) in [6, 6.07) is 2.03. The number of nitrogens with two attached hydrogens (primary N) is 1. The van der Waals surface area contributed by atoms with Crippen LogP contribution < -0.4 is 5.73 Å². The minimum Gasteiger partial charge on any atom is -0.323 e. The van der Waals surface area contributed by atoms with Crippen LogP contribution in [0.5, 0.6) is 0 Å². The van der Waals surface area contributed by atoms with E-state index < -0.39 is 0 Å². The summed E-state index contributed by atoms with van der Waals surface area (Å²) in [6.07, 6.45) is 0. The zero-order valence-electron chi connectivity index (χ0n) is 6.16. The molecule has 0 spiro atoms. The van der Waals surface area contributed by atoms with Gasteiger partial charge in [0, 0.05) is 6.04 Å². The lowest BCUT2D eigenvalue weighted by Gasteiger charge is -1.98. The summed E-state index contributed by atoms with van der Waals surface area (Å²) in [6.45, 7) is 1.95. The van der Waals surface area contributed by atoms with Gasteiger partial charge in [0.25, 0.3) is 0 Å². The highest BCUT2D eigenvalue weighted by Gasteiger charge is 2.08. The van der Waals surface area contributed by atoms with Crippen molar-refractivity contribution in [2.24, 2.45) is 5.73 Å². The lowest BCUT2D eigenvalue weighted by molar-refractivity contribution is 0.780. The first-order valence-electron chi connectivity index (χ1n) is 3.46. The van der Waals surface area contributed by atoms with E-state index in [0.29, 0.717) is 0 Å². The van der Waals surface area contributed by atoms with E-state index in [1.165, 1.54) is 4.70 Å². The third-order valence-corrected chi connectivity index (χ3v) is 2.58. The molecule has 0 radical (unpaired) electrons. The van der Waals surface area contributed by atoms with Crippen LogP contribution in [0.15, 0.2) is 11.4 Å². The molecule has 0 saturated carbocycles. The second-order valence-corrected chi connectivity index (χ2v) is 3.48. The Balaban J connectivity index is 2.68. The summed E-state index contributed by atoms with van der Waals surface area (Å²) in [5, 5.41) is 9.06. The van der Waals surface area contributed by atoms with Gasteiger partial charge >= 0.3 is 0 Å². The molecule has 0 aliphatic rings. The molecule has 0 bridgehead atoms. The van der Waals surface area contributed by atoms with Gasteiger partial charge in [0.15, 0.2) is 0 Å². The molecule has 1 atom stereocenters. The predicted octanol–water partition coefficient (Wildman–Crippen LogP) is 1.64. The fourth-order valence-electron chi connectivity index (χ4n) is 1.07. The molecule has 4 heteroatoms. The van der Waals surface area contributed by atoms with Crippen LogP contribution in [0, 0.1) is 0 Å². The van der Waals surface area contributed by atoms with Crippen LogP contribution in [-0.4, -0.2) is 10.2 Å². The van der Waals surface area contributed by atoms with Gasteiger partial charge in [0.2, 0.25) is 0 Å². The summed E-state index contributed by atoms with van der Waals surface area (Å²) in [5.74, 6) is 0. The minimum atomic E-state index is 0.0404. The van der Waals surface area contributed by atoms with E-state index in [1.807, 2.05) is 18.4 Å². The summed E-state index contributed by atoms with van der Waals surface area (Å²) in [7, 11) is 0. The van der Waals surface area contributed by atoms with E-state index in [-0.39, 0.29) is 6.04 Å². The molecule has 2 aromatic rings. The van der Waals surface area contributed by atoms with Crippen molar-refractivity contribution in [2.75, 3.05) is 0 Å². The molecule has 11 heavy (non-hydrogen) atoms. The van der Waals surface area contributed by atoms with Gasteiger partial charge < -0.3 is 5.73 Å². The number of nitrogens with zero attached hydrogens (tertiary/aromatic N) is 1. The molecule has 2 rings (SSSR count). The maximum atomic E-state index is 5.72. The smallest absolute Gasteiger partial charge is 0.103 e. The number of rotatable bonds is 1. The summed E-state index contributed by atoms with van der Waals surface area (Å²) in [5.41, 5.74) is 7.77. The minimum absolute atomic E-state index is 0.0404. The third-order valence-electron chi connectivity index (χ3n) is 1.64. The van der Waals surface area contributed by atoms with Crippen LogP contribution in [0.2, 0.25) is 0 Å². The molecule has 0 amide bonds. The number of H-pyrrole nitrogens is 1. The Morgan fingerprint density at radius 3 is 3.27 bits per heavy atom. The van der Waals surface area contributed by atoms with Gasteiger partial charge in [0.05, 0.1) is 10.4 Å². The Morgan fingerprint density at radius 2 is 2.55 bits per heavy atom. The maximum Gasteiger partial charge on any atom is 0.103 e. The Morgan fingerprint density at radius 1 is 1.73 bits per heavy atom. The molecule has 3 nitrogen and oxygen atoms in total. The Kier molecular flexibility index (Phi) is 1.44. The van der Waals surface area contributed by atoms with Gasteiger partial charge in [-0.15, -0.1) is 11.3 Å². The highest BCUT2D eigenvalue weighted by atomic mass is 32.1. The van der Waals surface area contributed by atoms with Crippen molar-refractivity contribution < 1.29 is 0 Å². The van der Waals surface area contributed by atoms with E-state index in [1.54, 1.807) is 11.3 Å². The van der Waals surface area contributed by atoms with E-state index in [2.05, 4.69) is 10.2 Å². The SMILES string of the molecule is C[C@H](N)c1[nH]nc2ccsc12. The van der Waals surface area contributed by atoms with Crippen molar-refractivity contribution >= 4 is 21.6 Å². The van der Waals surface area contributed by atoms with Crippen molar-refractivity contribution in [1.82, 2.24) is 10.2 Å². The lowest BCUT2D eigenvalue weighted by Crippen LogP contribution is -2.05. The Bertz CT molecular complexity index is 360. The number of hydrogen-bond donors (Lipinski definition) is 2. The molecule has 0 aliphatic heterocycles. The second-order valence-electron chi connectivity index (χ2n) is 2.56. The first-order chi connectivity index (χ1) is 5.29. The molecule has 2 aromatic heterocycles. The van der Waals surface area contributed by atoms with Crippen LogP contribution in [0.4, 0.5) is 0 Å². The number of nitrogens with one attached hydrogen (secondary N) is 1. The molecule has 2 heterocycles. The van der Waals surface area contributed by atoms with E-state index in [0.717, 1.165) is 11.2 Å². The number of aromatic nitrogens is 2. The van der Waals surface area contributed by atoms with Gasteiger partial charge in [-0.05, 0) is 18.4 Å². The van der Waals surface area contributed by atoms with Crippen LogP contribution in [0.25, 0.3) is 10.2 Å². The number of fused-ring (bicyclic) bond motifs is 1. The van der Waals surface area contributed by atoms with Crippen molar-refractivity contribution in [1.29, 1.82) is 0 Å². The van der Waals surface area contributed by atoms with Crippen LogP contribution in [0.3, 0.4) is 0 Å². The van der Waals surface area contributed by atoms with Crippen molar-refractivity contribution in [3.63, 3.8) is 0 Å². The fourth-order valence-corrected chi connectivity index (χ4v) is 2.00. The van der Waals surface area contributed by atoms with Crippen molar-refractivity contribution in [3.05, 3.63) is 17.1 Å². The standard InChI is InChI=1S/C7H9N3S/c1-4(8)6-7-5(9-10-6)2-3-11-7/h2-4H,8H2,1H3,(H,9,10)/t4-/m0/s1. The van der Waals surface area contributed by atoms with Crippen LogP contribution >= 0.6 is 11.3 Å². The zero-order valence-corrected chi connectivity index (χ0v) is 6.98. The lowest BCUT2D eigenvalue weighted by atomic mass is 10.2. The van der Waals surface area contributed by atoms with E-state index >= 15 is 0 Å². The Hall–Kier alpha value is -0.870. The number of thiophene rings is 1. The van der Waals surface area contributed by atoms with Crippen LogP contribution in [0.1, 0.15) is 18.7 Å². The topological polar surface area (TPSA) is 54.7 Å². The summed E-state index contributed by atoms with van der Waals surface area (Å²) >= 11 is 1.68. The molecule has 0 aromatic carbocycles. The molecule has 0 fully saturated rings. The average molecular weight is 167 g/mol. The molecular formula is C7H9N3S. The van der Waals surface area contributed by atoms with Crippen molar-refractivity contribution in [2.45, 2.75) is 13.0 Å². The van der Waals surface area contributed by atoms with Gasteiger partial charge in [-0.1, -0.05) is 0 Å². The Labute approximate surface area is 68.2 Å². The molecule has 0 unspecified atom stereocenters. The highest BCUT2D eigenvalue weighted by molar-refractivity contribution is 7.17. The second kappa shape index (κ2) is 2.32. The quantitative estimate of drug-likeness (QED) is 0.678. The molecule has 58 valence electrons. The first kappa shape index (κ1) is 6.82. The monoisotopic (exact) mass is 167 g/mol. The fraction of sp³-hybridized carbons (Fsp3) is 0.286. The summed E-state index contributed by atoms with van der Waals surface area (Å²) in [4.78, 5) is 0. The molecular weight excluding hydrogens is 158 g/mol. The van der Waals surface area contributed by atoms with Gasteiger partial charge in [-0.3, -0.25) is 5.10 Å². The molecule has 0 saturated heterocycles.